The average Bonchev–Trinajstić information content (AvgIpc) is 2.92. The molecule has 2 fully saturated rings. The Kier molecular flexibility index (Phi) is 8.79. The second kappa shape index (κ2) is 12.2. The molecule has 0 unspecified atom stereocenters. The summed E-state index contributed by atoms with van der Waals surface area (Å²) in [6.07, 6.45) is 7.10. The molecule has 198 valence electrons. The number of amides is 4. The van der Waals surface area contributed by atoms with Gasteiger partial charge in [0.2, 0.25) is 5.91 Å². The SMILES string of the molecule is CNC(=O)N1CCCC[C@@H]1C(=O)N(c1cccc(F)c1)[C@H](C(=O)NC1CCCCC1)c1ccccc1C. The van der Waals surface area contributed by atoms with Gasteiger partial charge in [0.25, 0.3) is 5.91 Å². The van der Waals surface area contributed by atoms with Crippen LogP contribution in [0.3, 0.4) is 0 Å². The van der Waals surface area contributed by atoms with Crippen LogP contribution in [0.1, 0.15) is 68.5 Å². The standard InChI is InChI=1S/C29H37FN4O3/c1-20-11-6-7-16-24(20)26(27(35)32-22-13-4-3-5-14-22)34(23-15-10-12-21(30)19-23)28(36)25-17-8-9-18-33(25)29(37)31-2/h6-7,10-12,15-16,19,22,25-26H,3-5,8-9,13-14,17-18H2,1-2H3,(H,31,37)(H,32,35)/t25-,26+/m1/s1. The van der Waals surface area contributed by atoms with E-state index in [9.17, 15) is 18.8 Å². The lowest BCUT2D eigenvalue weighted by Gasteiger charge is -2.40. The summed E-state index contributed by atoms with van der Waals surface area (Å²) >= 11 is 0. The number of piperidine rings is 1. The number of nitrogens with one attached hydrogen (secondary N) is 2. The fourth-order valence-electron chi connectivity index (χ4n) is 5.58. The minimum atomic E-state index is -1.01. The van der Waals surface area contributed by atoms with Gasteiger partial charge in [-0.25, -0.2) is 9.18 Å². The Labute approximate surface area is 218 Å². The summed E-state index contributed by atoms with van der Waals surface area (Å²) in [6.45, 7) is 2.35. The Morgan fingerprint density at radius 3 is 2.41 bits per heavy atom. The van der Waals surface area contributed by atoms with Gasteiger partial charge in [0.15, 0.2) is 0 Å². The molecule has 2 atom stereocenters. The first-order valence-electron chi connectivity index (χ1n) is 13.3. The summed E-state index contributed by atoms with van der Waals surface area (Å²) in [7, 11) is 1.54. The van der Waals surface area contributed by atoms with E-state index in [0.29, 0.717) is 24.2 Å². The molecule has 0 spiro atoms. The topological polar surface area (TPSA) is 81.8 Å². The molecular formula is C29H37FN4O3. The van der Waals surface area contributed by atoms with E-state index >= 15 is 0 Å². The largest absolute Gasteiger partial charge is 0.351 e. The summed E-state index contributed by atoms with van der Waals surface area (Å²) in [6, 6.07) is 11.2. The van der Waals surface area contributed by atoms with Gasteiger partial charge in [-0.05, 0) is 68.4 Å². The highest BCUT2D eigenvalue weighted by Crippen LogP contribution is 2.33. The Balaban J connectivity index is 1.81. The molecule has 1 aliphatic heterocycles. The first kappa shape index (κ1) is 26.6. The van der Waals surface area contributed by atoms with Gasteiger partial charge in [0.05, 0.1) is 0 Å². The van der Waals surface area contributed by atoms with Gasteiger partial charge in [0.1, 0.15) is 17.9 Å². The van der Waals surface area contributed by atoms with E-state index in [2.05, 4.69) is 10.6 Å². The first-order chi connectivity index (χ1) is 17.9. The second-order valence-corrected chi connectivity index (χ2v) is 10.1. The number of benzene rings is 2. The van der Waals surface area contributed by atoms with Gasteiger partial charge in [-0.2, -0.15) is 0 Å². The van der Waals surface area contributed by atoms with Crippen molar-refractivity contribution in [2.24, 2.45) is 0 Å². The molecule has 0 aromatic heterocycles. The highest BCUT2D eigenvalue weighted by atomic mass is 19.1. The third-order valence-electron chi connectivity index (χ3n) is 7.53. The van der Waals surface area contributed by atoms with Crippen molar-refractivity contribution < 1.29 is 18.8 Å². The Morgan fingerprint density at radius 2 is 1.70 bits per heavy atom. The molecule has 1 saturated carbocycles. The van der Waals surface area contributed by atoms with E-state index in [0.717, 1.165) is 50.5 Å². The zero-order chi connectivity index (χ0) is 26.4. The van der Waals surface area contributed by atoms with Gasteiger partial charge >= 0.3 is 6.03 Å². The molecule has 1 heterocycles. The third kappa shape index (κ3) is 6.12. The van der Waals surface area contributed by atoms with Crippen LogP contribution >= 0.6 is 0 Å². The van der Waals surface area contributed by atoms with Gasteiger partial charge in [-0.1, -0.05) is 49.6 Å². The van der Waals surface area contributed by atoms with Crippen LogP contribution in [0, 0.1) is 12.7 Å². The van der Waals surface area contributed by atoms with Crippen LogP contribution < -0.4 is 15.5 Å². The molecule has 1 aliphatic carbocycles. The van der Waals surface area contributed by atoms with E-state index in [1.807, 2.05) is 31.2 Å². The smallest absolute Gasteiger partial charge is 0.317 e. The quantitative estimate of drug-likeness (QED) is 0.585. The molecule has 8 heteroatoms. The number of urea groups is 1. The van der Waals surface area contributed by atoms with Crippen LogP contribution in [0.25, 0.3) is 0 Å². The molecule has 0 radical (unpaired) electrons. The number of aryl methyl sites for hydroxylation is 1. The number of anilines is 1. The van der Waals surface area contributed by atoms with Crippen molar-refractivity contribution in [3.05, 3.63) is 65.5 Å². The number of likely N-dealkylation sites (tertiary alicyclic amines) is 1. The summed E-state index contributed by atoms with van der Waals surface area (Å²) in [5.41, 5.74) is 1.82. The van der Waals surface area contributed by atoms with Crippen LogP contribution in [0.15, 0.2) is 48.5 Å². The van der Waals surface area contributed by atoms with Crippen molar-refractivity contribution in [2.45, 2.75) is 76.4 Å². The Morgan fingerprint density at radius 1 is 0.973 bits per heavy atom. The molecule has 1 saturated heterocycles. The van der Waals surface area contributed by atoms with E-state index in [1.54, 1.807) is 6.07 Å². The fraction of sp³-hybridized carbons (Fsp3) is 0.483. The predicted octanol–water partition coefficient (Wildman–Crippen LogP) is 4.85. The van der Waals surface area contributed by atoms with Crippen LogP contribution in [0.4, 0.5) is 14.9 Å². The maximum absolute atomic E-state index is 14.5. The number of carbonyl (C=O) groups is 3. The van der Waals surface area contributed by atoms with Crippen LogP contribution in [-0.4, -0.2) is 48.4 Å². The minimum Gasteiger partial charge on any atom is -0.351 e. The number of nitrogens with zero attached hydrogens (tertiary/aromatic N) is 2. The first-order valence-corrected chi connectivity index (χ1v) is 13.3. The van der Waals surface area contributed by atoms with E-state index in [1.165, 1.54) is 35.0 Å². The molecule has 2 aliphatic rings. The maximum atomic E-state index is 14.5. The Bertz CT molecular complexity index is 1120. The molecule has 2 aromatic rings. The van der Waals surface area contributed by atoms with Crippen molar-refractivity contribution >= 4 is 23.5 Å². The number of rotatable bonds is 6. The number of hydrogen-bond donors (Lipinski definition) is 2. The van der Waals surface area contributed by atoms with Crippen molar-refractivity contribution in [3.8, 4) is 0 Å². The number of hydrogen-bond acceptors (Lipinski definition) is 3. The van der Waals surface area contributed by atoms with E-state index in [4.69, 9.17) is 0 Å². The molecule has 7 nitrogen and oxygen atoms in total. The highest BCUT2D eigenvalue weighted by Gasteiger charge is 2.41. The number of carbonyl (C=O) groups excluding carboxylic acids is 3. The zero-order valence-electron chi connectivity index (χ0n) is 21.7. The molecule has 0 bridgehead atoms. The van der Waals surface area contributed by atoms with E-state index in [-0.39, 0.29) is 23.9 Å². The van der Waals surface area contributed by atoms with Crippen LogP contribution in [-0.2, 0) is 9.59 Å². The summed E-state index contributed by atoms with van der Waals surface area (Å²) < 4.78 is 14.5. The Hall–Kier alpha value is -3.42. The van der Waals surface area contributed by atoms with Crippen molar-refractivity contribution in [2.75, 3.05) is 18.5 Å². The third-order valence-corrected chi connectivity index (χ3v) is 7.53. The van der Waals surface area contributed by atoms with E-state index < -0.39 is 17.9 Å². The minimum absolute atomic E-state index is 0.0364. The van der Waals surface area contributed by atoms with Crippen molar-refractivity contribution in [1.82, 2.24) is 15.5 Å². The summed E-state index contributed by atoms with van der Waals surface area (Å²) in [5, 5.41) is 5.82. The van der Waals surface area contributed by atoms with Crippen molar-refractivity contribution in [1.29, 1.82) is 0 Å². The molecule has 4 amide bonds. The molecule has 2 aromatic carbocycles. The maximum Gasteiger partial charge on any atom is 0.317 e. The zero-order valence-corrected chi connectivity index (χ0v) is 21.7. The molecular weight excluding hydrogens is 471 g/mol. The number of halogens is 1. The molecule has 4 rings (SSSR count). The lowest BCUT2D eigenvalue weighted by molar-refractivity contribution is -0.129. The van der Waals surface area contributed by atoms with Crippen LogP contribution in [0.2, 0.25) is 0 Å². The summed E-state index contributed by atoms with van der Waals surface area (Å²) in [4.78, 5) is 44.0. The predicted molar refractivity (Wildman–Crippen MR) is 142 cm³/mol. The second-order valence-electron chi connectivity index (χ2n) is 10.1. The lowest BCUT2D eigenvalue weighted by Crippen LogP contribution is -2.57. The lowest BCUT2D eigenvalue weighted by atomic mass is 9.93. The summed E-state index contributed by atoms with van der Waals surface area (Å²) in [5.74, 6) is -1.18. The molecule has 2 N–H and O–H groups in total. The monoisotopic (exact) mass is 508 g/mol. The molecule has 37 heavy (non-hydrogen) atoms. The van der Waals surface area contributed by atoms with Crippen LogP contribution in [0.5, 0.6) is 0 Å². The van der Waals surface area contributed by atoms with Gasteiger partial charge in [-0.3, -0.25) is 14.5 Å². The van der Waals surface area contributed by atoms with Gasteiger partial charge in [-0.15, -0.1) is 0 Å². The highest BCUT2D eigenvalue weighted by molar-refractivity contribution is 6.05. The van der Waals surface area contributed by atoms with Gasteiger partial charge in [0, 0.05) is 25.3 Å². The average molecular weight is 509 g/mol. The van der Waals surface area contributed by atoms with Crippen molar-refractivity contribution in [3.63, 3.8) is 0 Å². The normalized spacial score (nSPS) is 19.1. The van der Waals surface area contributed by atoms with Gasteiger partial charge < -0.3 is 15.5 Å². The fourth-order valence-corrected chi connectivity index (χ4v) is 5.58.